The Labute approximate surface area is 153 Å². The van der Waals surface area contributed by atoms with E-state index in [0.29, 0.717) is 6.42 Å². The maximum atomic E-state index is 12.9. The van der Waals surface area contributed by atoms with Gasteiger partial charge in [-0.1, -0.05) is 35.5 Å². The molecule has 2 aromatic rings. The summed E-state index contributed by atoms with van der Waals surface area (Å²) in [6.07, 6.45) is 1.48. The number of nitrogens with zero attached hydrogens (tertiary/aromatic N) is 2. The number of benzene rings is 1. The lowest BCUT2D eigenvalue weighted by Crippen LogP contribution is -2.56. The van der Waals surface area contributed by atoms with E-state index in [4.69, 9.17) is 4.52 Å². The van der Waals surface area contributed by atoms with Crippen LogP contribution in [0.5, 0.6) is 0 Å². The molecular weight excluding hydrogens is 330 g/mol. The highest BCUT2D eigenvalue weighted by atomic mass is 16.5. The number of aliphatic hydroxyl groups excluding tert-OH is 1. The lowest BCUT2D eigenvalue weighted by atomic mass is 9.69. The van der Waals surface area contributed by atoms with Gasteiger partial charge in [0.25, 0.3) is 0 Å². The molecule has 2 aliphatic heterocycles. The molecule has 6 heteroatoms. The maximum Gasteiger partial charge on any atom is 0.226 e. The van der Waals surface area contributed by atoms with Crippen molar-refractivity contribution in [1.29, 1.82) is 0 Å². The van der Waals surface area contributed by atoms with Crippen LogP contribution in [0.4, 0.5) is 0 Å². The number of rotatable bonds is 3. The number of nitrogens with one attached hydrogen (secondary N) is 1. The van der Waals surface area contributed by atoms with Crippen molar-refractivity contribution in [3.05, 3.63) is 53.4 Å². The van der Waals surface area contributed by atoms with Crippen molar-refractivity contribution >= 4 is 5.91 Å². The zero-order chi connectivity index (χ0) is 18.1. The van der Waals surface area contributed by atoms with E-state index >= 15 is 0 Å². The quantitative estimate of drug-likeness (QED) is 0.882. The molecule has 2 aliphatic rings. The third-order valence-electron chi connectivity index (χ3n) is 5.79. The lowest BCUT2D eigenvalue weighted by molar-refractivity contribution is -0.144. The summed E-state index contributed by atoms with van der Waals surface area (Å²) in [4.78, 5) is 15.2. The minimum atomic E-state index is -0.556. The molecule has 1 spiro atoms. The summed E-state index contributed by atoms with van der Waals surface area (Å²) in [6.45, 7) is 4.27. The van der Waals surface area contributed by atoms with Crippen LogP contribution < -0.4 is 5.32 Å². The van der Waals surface area contributed by atoms with Crippen molar-refractivity contribution < 1.29 is 14.4 Å². The highest BCUT2D eigenvalue weighted by Crippen LogP contribution is 2.42. The van der Waals surface area contributed by atoms with Gasteiger partial charge in [0.15, 0.2) is 0 Å². The van der Waals surface area contributed by atoms with Gasteiger partial charge in [-0.2, -0.15) is 0 Å². The molecule has 2 N–H and O–H groups in total. The van der Waals surface area contributed by atoms with E-state index in [9.17, 15) is 9.90 Å². The molecule has 4 rings (SSSR count). The Bertz CT molecular complexity index is 766. The van der Waals surface area contributed by atoms with E-state index in [1.54, 1.807) is 0 Å². The second-order valence-corrected chi connectivity index (χ2v) is 7.62. The first-order chi connectivity index (χ1) is 12.6. The molecule has 0 aliphatic carbocycles. The minimum absolute atomic E-state index is 0.0774. The van der Waals surface area contributed by atoms with Crippen LogP contribution in [0.15, 0.2) is 40.9 Å². The van der Waals surface area contributed by atoms with Crippen LogP contribution in [0.1, 0.15) is 42.3 Å². The first-order valence-corrected chi connectivity index (χ1v) is 9.24. The molecular formula is C20H25N3O3. The molecule has 138 valence electrons. The summed E-state index contributed by atoms with van der Waals surface area (Å²) in [7, 11) is 0. The van der Waals surface area contributed by atoms with Crippen LogP contribution in [0.3, 0.4) is 0 Å². The topological polar surface area (TPSA) is 78.6 Å². The molecule has 26 heavy (non-hydrogen) atoms. The number of amides is 1. The van der Waals surface area contributed by atoms with Crippen molar-refractivity contribution in [2.45, 2.75) is 44.9 Å². The molecule has 0 saturated carbocycles. The Balaban J connectivity index is 1.40. The zero-order valence-corrected chi connectivity index (χ0v) is 15.0. The number of aromatic nitrogens is 1. The molecule has 2 fully saturated rings. The van der Waals surface area contributed by atoms with Gasteiger partial charge in [0.2, 0.25) is 5.91 Å². The van der Waals surface area contributed by atoms with Gasteiger partial charge in [0, 0.05) is 12.6 Å². The SMILES string of the molecule is Cc1cc(CN2CCC3(CC2)C[C@@H](O)[C@H](c2ccccc2)NC3=O)no1. The fourth-order valence-electron chi connectivity index (χ4n) is 4.26. The standard InChI is InChI=1S/C20H25N3O3/c1-14-11-16(22-26-14)13-23-9-7-20(8-10-23)12-17(24)18(21-19(20)25)15-5-3-2-4-6-15/h2-6,11,17-18,24H,7-10,12-13H2,1H3,(H,21,25)/t17-,18+/m1/s1. The summed E-state index contributed by atoms with van der Waals surface area (Å²) in [5.74, 6) is 0.892. The van der Waals surface area contributed by atoms with Crippen molar-refractivity contribution in [2.24, 2.45) is 5.41 Å². The molecule has 1 aromatic heterocycles. The predicted octanol–water partition coefficient (Wildman–Crippen LogP) is 2.19. The number of likely N-dealkylation sites (tertiary alicyclic amines) is 1. The Morgan fingerprint density at radius 2 is 2.04 bits per heavy atom. The van der Waals surface area contributed by atoms with Gasteiger partial charge in [0.05, 0.1) is 23.3 Å². The van der Waals surface area contributed by atoms with Gasteiger partial charge >= 0.3 is 0 Å². The molecule has 1 aromatic carbocycles. The van der Waals surface area contributed by atoms with Crippen LogP contribution in [-0.4, -0.2) is 40.3 Å². The highest BCUT2D eigenvalue weighted by molar-refractivity contribution is 5.84. The summed E-state index contributed by atoms with van der Waals surface area (Å²) in [5, 5.41) is 17.8. The molecule has 6 nitrogen and oxygen atoms in total. The van der Waals surface area contributed by atoms with Crippen LogP contribution in [0, 0.1) is 12.3 Å². The third kappa shape index (κ3) is 3.27. The fraction of sp³-hybridized carbons (Fsp3) is 0.500. The Morgan fingerprint density at radius 3 is 2.69 bits per heavy atom. The Morgan fingerprint density at radius 1 is 1.31 bits per heavy atom. The summed E-state index contributed by atoms with van der Waals surface area (Å²) < 4.78 is 5.13. The fourth-order valence-corrected chi connectivity index (χ4v) is 4.26. The van der Waals surface area contributed by atoms with Crippen LogP contribution >= 0.6 is 0 Å². The van der Waals surface area contributed by atoms with E-state index in [1.807, 2.05) is 43.3 Å². The van der Waals surface area contributed by atoms with Gasteiger partial charge in [0.1, 0.15) is 5.76 Å². The van der Waals surface area contributed by atoms with Crippen molar-refractivity contribution in [1.82, 2.24) is 15.4 Å². The summed E-state index contributed by atoms with van der Waals surface area (Å²) in [6, 6.07) is 11.3. The third-order valence-corrected chi connectivity index (χ3v) is 5.79. The van der Waals surface area contributed by atoms with E-state index < -0.39 is 11.5 Å². The van der Waals surface area contributed by atoms with E-state index in [0.717, 1.165) is 49.5 Å². The van der Waals surface area contributed by atoms with E-state index in [1.165, 1.54) is 0 Å². The largest absolute Gasteiger partial charge is 0.391 e. The minimum Gasteiger partial charge on any atom is -0.391 e. The average molecular weight is 355 g/mol. The van der Waals surface area contributed by atoms with Gasteiger partial charge < -0.3 is 14.9 Å². The van der Waals surface area contributed by atoms with Crippen molar-refractivity contribution in [3.8, 4) is 0 Å². The number of piperidine rings is 2. The molecule has 0 bridgehead atoms. The summed E-state index contributed by atoms with van der Waals surface area (Å²) in [5.41, 5.74) is 1.43. The zero-order valence-electron chi connectivity index (χ0n) is 15.0. The molecule has 2 saturated heterocycles. The first-order valence-electron chi connectivity index (χ1n) is 9.24. The van der Waals surface area contributed by atoms with Crippen LogP contribution in [0.25, 0.3) is 0 Å². The van der Waals surface area contributed by atoms with Crippen LogP contribution in [-0.2, 0) is 11.3 Å². The molecule has 0 unspecified atom stereocenters. The highest BCUT2D eigenvalue weighted by Gasteiger charge is 2.48. The summed E-state index contributed by atoms with van der Waals surface area (Å²) >= 11 is 0. The number of hydrogen-bond donors (Lipinski definition) is 2. The lowest BCUT2D eigenvalue weighted by Gasteiger charge is -2.46. The van der Waals surface area contributed by atoms with Crippen molar-refractivity contribution in [3.63, 3.8) is 0 Å². The number of aryl methyl sites for hydroxylation is 1. The maximum absolute atomic E-state index is 12.9. The number of aliphatic hydroxyl groups is 1. The van der Waals surface area contributed by atoms with Gasteiger partial charge in [-0.15, -0.1) is 0 Å². The average Bonchev–Trinajstić information content (AvgIpc) is 3.06. The molecule has 3 heterocycles. The molecule has 2 atom stereocenters. The monoisotopic (exact) mass is 355 g/mol. The Kier molecular flexibility index (Phi) is 4.54. The molecule has 0 radical (unpaired) electrons. The Hall–Kier alpha value is -2.18. The van der Waals surface area contributed by atoms with Gasteiger partial charge in [-0.25, -0.2) is 0 Å². The van der Waals surface area contributed by atoms with Gasteiger partial charge in [-0.05, 0) is 44.8 Å². The van der Waals surface area contributed by atoms with E-state index in [-0.39, 0.29) is 11.9 Å². The van der Waals surface area contributed by atoms with Gasteiger partial charge in [-0.3, -0.25) is 9.69 Å². The second kappa shape index (κ2) is 6.85. The van der Waals surface area contributed by atoms with Crippen molar-refractivity contribution in [2.75, 3.05) is 13.1 Å². The first kappa shape index (κ1) is 17.2. The molecule has 1 amide bonds. The smallest absolute Gasteiger partial charge is 0.226 e. The number of carbonyl (C=O) groups is 1. The normalized spacial score (nSPS) is 26.0. The second-order valence-electron chi connectivity index (χ2n) is 7.62. The predicted molar refractivity (Wildman–Crippen MR) is 96.1 cm³/mol. The van der Waals surface area contributed by atoms with E-state index in [2.05, 4.69) is 15.4 Å². The number of hydrogen-bond acceptors (Lipinski definition) is 5. The number of carbonyl (C=O) groups excluding carboxylic acids is 1. The van der Waals surface area contributed by atoms with Crippen LogP contribution in [0.2, 0.25) is 0 Å².